The number of hydrogen-bond acceptors (Lipinski definition) is 2. The van der Waals surface area contributed by atoms with Crippen LogP contribution in [0.15, 0.2) is 16.9 Å². The van der Waals surface area contributed by atoms with Crippen LogP contribution in [0.2, 0.25) is 0 Å². The van der Waals surface area contributed by atoms with Crippen LogP contribution in [0, 0.1) is 12.7 Å². The average Bonchev–Trinajstić information content (AvgIpc) is 2.23. The average molecular weight is 206 g/mol. The summed E-state index contributed by atoms with van der Waals surface area (Å²) in [4.78, 5) is 18.5. The van der Waals surface area contributed by atoms with Gasteiger partial charge < -0.3 is 4.98 Å². The molecule has 1 N–H and O–H groups in total. The van der Waals surface area contributed by atoms with E-state index in [2.05, 4.69) is 9.97 Å². The van der Waals surface area contributed by atoms with E-state index in [4.69, 9.17) is 0 Å². The van der Waals surface area contributed by atoms with E-state index in [9.17, 15) is 9.18 Å². The van der Waals surface area contributed by atoms with Crippen molar-refractivity contribution in [3.8, 4) is 0 Å². The molecular formula is C11H11FN2O. The standard InChI is InChI=1S/C11H11FN2O/c1-3-9-13-10-6(2)8(12)5-4-7(10)11(15)14-9/h4-5H,3H2,1-2H3,(H,13,14,15). The maximum atomic E-state index is 13.3. The lowest BCUT2D eigenvalue weighted by atomic mass is 10.1. The van der Waals surface area contributed by atoms with Crippen LogP contribution in [-0.4, -0.2) is 9.97 Å². The van der Waals surface area contributed by atoms with E-state index in [0.717, 1.165) is 0 Å². The smallest absolute Gasteiger partial charge is 0.258 e. The summed E-state index contributed by atoms with van der Waals surface area (Å²) in [5.74, 6) is 0.254. The Morgan fingerprint density at radius 2 is 2.20 bits per heavy atom. The molecule has 78 valence electrons. The largest absolute Gasteiger partial charge is 0.310 e. The third kappa shape index (κ3) is 1.52. The van der Waals surface area contributed by atoms with E-state index >= 15 is 0 Å². The summed E-state index contributed by atoms with van der Waals surface area (Å²) in [5.41, 5.74) is 0.670. The van der Waals surface area contributed by atoms with Crippen LogP contribution in [0.4, 0.5) is 4.39 Å². The Kier molecular flexibility index (Phi) is 2.26. The quantitative estimate of drug-likeness (QED) is 0.774. The molecule has 4 heteroatoms. The molecule has 0 saturated carbocycles. The number of hydrogen-bond donors (Lipinski definition) is 1. The van der Waals surface area contributed by atoms with Crippen LogP contribution in [0.5, 0.6) is 0 Å². The minimum Gasteiger partial charge on any atom is -0.310 e. The molecule has 0 aliphatic heterocycles. The summed E-state index contributed by atoms with van der Waals surface area (Å²) in [7, 11) is 0. The SMILES string of the molecule is CCc1nc2c(C)c(F)ccc2c(=O)[nH]1. The van der Waals surface area contributed by atoms with Crippen molar-refractivity contribution in [2.24, 2.45) is 0 Å². The predicted molar refractivity (Wildman–Crippen MR) is 56.4 cm³/mol. The molecule has 1 heterocycles. The fourth-order valence-electron chi connectivity index (χ4n) is 1.53. The van der Waals surface area contributed by atoms with E-state index in [1.807, 2.05) is 6.92 Å². The normalized spacial score (nSPS) is 10.9. The monoisotopic (exact) mass is 206 g/mol. The summed E-state index contributed by atoms with van der Waals surface area (Å²) in [5, 5.41) is 0.436. The zero-order valence-electron chi connectivity index (χ0n) is 8.60. The lowest BCUT2D eigenvalue weighted by Gasteiger charge is -2.03. The van der Waals surface area contributed by atoms with Crippen LogP contribution in [-0.2, 0) is 6.42 Å². The van der Waals surface area contributed by atoms with Crippen molar-refractivity contribution in [2.75, 3.05) is 0 Å². The van der Waals surface area contributed by atoms with Gasteiger partial charge in [-0.05, 0) is 19.1 Å². The molecule has 0 aliphatic carbocycles. The van der Waals surface area contributed by atoms with Gasteiger partial charge in [0.2, 0.25) is 0 Å². The molecule has 15 heavy (non-hydrogen) atoms. The number of H-pyrrole nitrogens is 1. The highest BCUT2D eigenvalue weighted by molar-refractivity contribution is 5.80. The molecule has 0 bridgehead atoms. The Balaban J connectivity index is 2.93. The molecule has 2 aromatic rings. The van der Waals surface area contributed by atoms with Crippen LogP contribution in [0.3, 0.4) is 0 Å². The van der Waals surface area contributed by atoms with Gasteiger partial charge in [0.1, 0.15) is 11.6 Å². The van der Waals surface area contributed by atoms with E-state index < -0.39 is 0 Å². The fraction of sp³-hybridized carbons (Fsp3) is 0.273. The van der Waals surface area contributed by atoms with Crippen LogP contribution in [0.1, 0.15) is 18.3 Å². The molecule has 0 fully saturated rings. The first kappa shape index (κ1) is 9.83. The third-order valence-electron chi connectivity index (χ3n) is 2.45. The fourth-order valence-corrected chi connectivity index (χ4v) is 1.53. The summed E-state index contributed by atoms with van der Waals surface area (Å²) in [6, 6.07) is 2.75. The topological polar surface area (TPSA) is 45.8 Å². The van der Waals surface area contributed by atoms with Crippen LogP contribution in [0.25, 0.3) is 10.9 Å². The zero-order valence-corrected chi connectivity index (χ0v) is 8.60. The Hall–Kier alpha value is -1.71. The second-order valence-corrected chi connectivity index (χ2v) is 3.43. The molecule has 0 unspecified atom stereocenters. The summed E-state index contributed by atoms with van der Waals surface area (Å²) in [6.07, 6.45) is 0.626. The van der Waals surface area contributed by atoms with Gasteiger partial charge in [0.25, 0.3) is 5.56 Å². The Labute approximate surface area is 86.0 Å². The van der Waals surface area contributed by atoms with E-state index in [-0.39, 0.29) is 11.4 Å². The van der Waals surface area contributed by atoms with Crippen molar-refractivity contribution in [1.29, 1.82) is 0 Å². The maximum Gasteiger partial charge on any atom is 0.258 e. The lowest BCUT2D eigenvalue weighted by Crippen LogP contribution is -2.12. The Morgan fingerprint density at radius 1 is 1.47 bits per heavy atom. The lowest BCUT2D eigenvalue weighted by molar-refractivity contribution is 0.620. The van der Waals surface area contributed by atoms with Crippen molar-refractivity contribution in [1.82, 2.24) is 9.97 Å². The molecule has 1 aromatic heterocycles. The molecule has 3 nitrogen and oxygen atoms in total. The van der Waals surface area contributed by atoms with Crippen molar-refractivity contribution in [3.05, 3.63) is 39.7 Å². The highest BCUT2D eigenvalue weighted by Crippen LogP contribution is 2.15. The van der Waals surface area contributed by atoms with Gasteiger partial charge in [-0.3, -0.25) is 4.79 Å². The molecule has 0 amide bonds. The number of nitrogens with zero attached hydrogens (tertiary/aromatic N) is 1. The predicted octanol–water partition coefficient (Wildman–Crippen LogP) is 1.93. The van der Waals surface area contributed by atoms with Crippen molar-refractivity contribution < 1.29 is 4.39 Å². The zero-order chi connectivity index (χ0) is 11.0. The second kappa shape index (κ2) is 3.46. The number of halogens is 1. The highest BCUT2D eigenvalue weighted by atomic mass is 19.1. The maximum absolute atomic E-state index is 13.3. The van der Waals surface area contributed by atoms with Crippen LogP contribution < -0.4 is 5.56 Å². The molecular weight excluding hydrogens is 195 g/mol. The number of aromatic nitrogens is 2. The first-order valence-corrected chi connectivity index (χ1v) is 4.81. The van der Waals surface area contributed by atoms with Crippen molar-refractivity contribution in [3.63, 3.8) is 0 Å². The summed E-state index contributed by atoms with van der Waals surface area (Å²) < 4.78 is 13.3. The molecule has 1 aromatic carbocycles. The summed E-state index contributed by atoms with van der Waals surface area (Å²) in [6.45, 7) is 3.52. The number of nitrogens with one attached hydrogen (secondary N) is 1. The van der Waals surface area contributed by atoms with Gasteiger partial charge in [-0.15, -0.1) is 0 Å². The van der Waals surface area contributed by atoms with Gasteiger partial charge in [0, 0.05) is 12.0 Å². The number of benzene rings is 1. The van der Waals surface area contributed by atoms with Crippen molar-refractivity contribution in [2.45, 2.75) is 20.3 Å². The molecule has 0 radical (unpaired) electrons. The second-order valence-electron chi connectivity index (χ2n) is 3.43. The molecule has 0 spiro atoms. The highest BCUT2D eigenvalue weighted by Gasteiger charge is 2.08. The van der Waals surface area contributed by atoms with Crippen LogP contribution >= 0.6 is 0 Å². The van der Waals surface area contributed by atoms with Gasteiger partial charge in [-0.2, -0.15) is 0 Å². The molecule has 0 saturated heterocycles. The minimum atomic E-state index is -0.331. The van der Waals surface area contributed by atoms with Gasteiger partial charge >= 0.3 is 0 Å². The van der Waals surface area contributed by atoms with Gasteiger partial charge in [0.15, 0.2) is 0 Å². The molecule has 0 atom stereocenters. The number of rotatable bonds is 1. The molecule has 2 rings (SSSR count). The Morgan fingerprint density at radius 3 is 2.87 bits per heavy atom. The van der Waals surface area contributed by atoms with Gasteiger partial charge in [-0.25, -0.2) is 9.37 Å². The number of aryl methyl sites for hydroxylation is 2. The number of fused-ring (bicyclic) bond motifs is 1. The van der Waals surface area contributed by atoms with E-state index in [1.54, 1.807) is 6.92 Å². The first-order valence-electron chi connectivity index (χ1n) is 4.81. The van der Waals surface area contributed by atoms with Gasteiger partial charge in [-0.1, -0.05) is 6.92 Å². The minimum absolute atomic E-state index is 0.208. The van der Waals surface area contributed by atoms with E-state index in [0.29, 0.717) is 28.7 Å². The third-order valence-corrected chi connectivity index (χ3v) is 2.45. The first-order chi connectivity index (χ1) is 7.13. The van der Waals surface area contributed by atoms with Crippen molar-refractivity contribution >= 4 is 10.9 Å². The van der Waals surface area contributed by atoms with E-state index in [1.165, 1.54) is 12.1 Å². The summed E-state index contributed by atoms with van der Waals surface area (Å²) >= 11 is 0. The number of aromatic amines is 1. The molecule has 0 aliphatic rings. The van der Waals surface area contributed by atoms with Gasteiger partial charge in [0.05, 0.1) is 10.9 Å². The Bertz CT molecular complexity index is 575.